The van der Waals surface area contributed by atoms with Crippen LogP contribution in [0.15, 0.2) is 133 Å². The average Bonchev–Trinajstić information content (AvgIpc) is 3.33. The van der Waals surface area contributed by atoms with E-state index in [9.17, 15) is 0 Å². The first kappa shape index (κ1) is 21.2. The second-order valence-electron chi connectivity index (χ2n) is 10.2. The molecule has 0 unspecified atom stereocenters. The number of rotatable bonds is 2. The smallest absolute Gasteiger partial charge is 0.0547 e. The van der Waals surface area contributed by atoms with Gasteiger partial charge in [-0.25, -0.2) is 0 Å². The van der Waals surface area contributed by atoms with Gasteiger partial charge in [-0.2, -0.15) is 0 Å². The van der Waals surface area contributed by atoms with Crippen molar-refractivity contribution in [1.29, 1.82) is 0 Å². The summed E-state index contributed by atoms with van der Waals surface area (Å²) in [4.78, 5) is 0. The van der Waals surface area contributed by atoms with Crippen molar-refractivity contribution in [3.8, 4) is 16.8 Å². The van der Waals surface area contributed by atoms with Gasteiger partial charge in [0, 0.05) is 16.5 Å². The predicted molar refractivity (Wildman–Crippen MR) is 163 cm³/mol. The van der Waals surface area contributed by atoms with E-state index in [1.165, 1.54) is 76.5 Å². The van der Waals surface area contributed by atoms with Gasteiger partial charge in [0.15, 0.2) is 0 Å². The maximum atomic E-state index is 2.41. The molecule has 0 fully saturated rings. The number of para-hydroxylation sites is 1. The van der Waals surface area contributed by atoms with Crippen LogP contribution >= 0.6 is 0 Å². The molecule has 8 aromatic rings. The molecule has 0 radical (unpaired) electrons. The van der Waals surface area contributed by atoms with Crippen LogP contribution in [0.5, 0.6) is 0 Å². The van der Waals surface area contributed by atoms with E-state index in [1.54, 1.807) is 0 Å². The number of hydrogen-bond donors (Lipinski definition) is 0. The monoisotopic (exact) mass is 483 g/mol. The summed E-state index contributed by atoms with van der Waals surface area (Å²) in [6, 6.07) is 48.7. The zero-order valence-corrected chi connectivity index (χ0v) is 21.1. The van der Waals surface area contributed by atoms with Gasteiger partial charge in [0.05, 0.1) is 11.0 Å². The summed E-state index contributed by atoms with van der Waals surface area (Å²) in [5, 5.41) is 10.4. The second kappa shape index (κ2) is 8.06. The molecule has 178 valence electrons. The van der Waals surface area contributed by atoms with Gasteiger partial charge in [-0.3, -0.25) is 0 Å². The molecule has 1 aromatic heterocycles. The van der Waals surface area contributed by atoms with E-state index in [4.69, 9.17) is 0 Å². The number of nitrogens with zero attached hydrogens (tertiary/aromatic N) is 1. The summed E-state index contributed by atoms with van der Waals surface area (Å²) in [7, 11) is 0. The molecule has 8 rings (SSSR count). The minimum absolute atomic E-state index is 1.18. The zero-order valence-electron chi connectivity index (χ0n) is 21.1. The fourth-order valence-corrected chi connectivity index (χ4v) is 6.48. The highest BCUT2D eigenvalue weighted by Crippen LogP contribution is 2.40. The van der Waals surface area contributed by atoms with Crippen LogP contribution in [0.2, 0.25) is 0 Å². The SMILES string of the molecule is Cc1c(-c2ccc(-n3c4ccccc4c4c5ccccc5ccc43)cc2)c2ccccc2c2ccccc12. The van der Waals surface area contributed by atoms with Crippen LogP contribution in [0.4, 0.5) is 0 Å². The molecule has 0 aliphatic carbocycles. The van der Waals surface area contributed by atoms with Crippen LogP contribution < -0.4 is 0 Å². The fraction of sp³-hybridized carbons (Fsp3) is 0.0270. The molecule has 38 heavy (non-hydrogen) atoms. The topological polar surface area (TPSA) is 4.93 Å². The van der Waals surface area contributed by atoms with E-state index in [-0.39, 0.29) is 0 Å². The van der Waals surface area contributed by atoms with E-state index in [2.05, 4.69) is 145 Å². The first-order valence-corrected chi connectivity index (χ1v) is 13.2. The van der Waals surface area contributed by atoms with Gasteiger partial charge in [0.1, 0.15) is 0 Å². The van der Waals surface area contributed by atoms with Crippen molar-refractivity contribution in [2.75, 3.05) is 0 Å². The fourth-order valence-electron chi connectivity index (χ4n) is 6.48. The number of aromatic nitrogens is 1. The summed E-state index contributed by atoms with van der Waals surface area (Å²) in [6.07, 6.45) is 0. The van der Waals surface area contributed by atoms with Crippen molar-refractivity contribution >= 4 is 54.1 Å². The van der Waals surface area contributed by atoms with E-state index < -0.39 is 0 Å². The predicted octanol–water partition coefficient (Wildman–Crippen LogP) is 10.2. The lowest BCUT2D eigenvalue weighted by atomic mass is 9.89. The van der Waals surface area contributed by atoms with Gasteiger partial charge in [-0.05, 0) is 80.2 Å². The Morgan fingerprint density at radius 2 is 1.00 bits per heavy atom. The average molecular weight is 484 g/mol. The van der Waals surface area contributed by atoms with Crippen molar-refractivity contribution in [1.82, 2.24) is 4.57 Å². The van der Waals surface area contributed by atoms with Crippen molar-refractivity contribution < 1.29 is 0 Å². The highest BCUT2D eigenvalue weighted by atomic mass is 15.0. The molecule has 1 nitrogen and oxygen atoms in total. The van der Waals surface area contributed by atoms with Crippen LogP contribution in [0.1, 0.15) is 5.56 Å². The molecule has 0 N–H and O–H groups in total. The lowest BCUT2D eigenvalue weighted by Gasteiger charge is -2.16. The Kier molecular flexibility index (Phi) is 4.50. The molecule has 0 atom stereocenters. The Hall–Kier alpha value is -4.88. The Labute approximate surface area is 221 Å². The van der Waals surface area contributed by atoms with Gasteiger partial charge in [-0.1, -0.05) is 109 Å². The summed E-state index contributed by atoms with van der Waals surface area (Å²) in [5.41, 5.74) is 7.55. The molecule has 1 heterocycles. The van der Waals surface area contributed by atoms with Gasteiger partial charge in [-0.15, -0.1) is 0 Å². The third-order valence-electron chi connectivity index (χ3n) is 8.17. The van der Waals surface area contributed by atoms with E-state index in [1.807, 2.05) is 0 Å². The Bertz CT molecular complexity index is 2180. The third kappa shape index (κ3) is 2.93. The van der Waals surface area contributed by atoms with Gasteiger partial charge >= 0.3 is 0 Å². The normalized spacial score (nSPS) is 11.8. The molecule has 0 aliphatic rings. The maximum Gasteiger partial charge on any atom is 0.0547 e. The maximum absolute atomic E-state index is 2.41. The quantitative estimate of drug-likeness (QED) is 0.216. The lowest BCUT2D eigenvalue weighted by molar-refractivity contribution is 1.18. The van der Waals surface area contributed by atoms with Crippen LogP contribution in [0.25, 0.3) is 70.9 Å². The second-order valence-corrected chi connectivity index (χ2v) is 10.2. The summed E-state index contributed by atoms with van der Waals surface area (Å²) in [5.74, 6) is 0. The molecule has 0 amide bonds. The molecule has 0 saturated heterocycles. The van der Waals surface area contributed by atoms with Crippen LogP contribution in [-0.2, 0) is 0 Å². The van der Waals surface area contributed by atoms with E-state index >= 15 is 0 Å². The van der Waals surface area contributed by atoms with Crippen LogP contribution in [0, 0.1) is 6.92 Å². The zero-order chi connectivity index (χ0) is 25.2. The number of fused-ring (bicyclic) bond motifs is 8. The lowest BCUT2D eigenvalue weighted by Crippen LogP contribution is -1.95. The third-order valence-corrected chi connectivity index (χ3v) is 8.17. The number of hydrogen-bond acceptors (Lipinski definition) is 0. The minimum atomic E-state index is 1.18. The van der Waals surface area contributed by atoms with Gasteiger partial charge in [0.2, 0.25) is 0 Å². The highest BCUT2D eigenvalue weighted by molar-refractivity contribution is 6.21. The van der Waals surface area contributed by atoms with Crippen LogP contribution in [-0.4, -0.2) is 4.57 Å². The summed E-state index contributed by atoms with van der Waals surface area (Å²) < 4.78 is 2.41. The summed E-state index contributed by atoms with van der Waals surface area (Å²) >= 11 is 0. The molecule has 0 aliphatic heterocycles. The van der Waals surface area contributed by atoms with Crippen molar-refractivity contribution in [3.05, 3.63) is 139 Å². The highest BCUT2D eigenvalue weighted by Gasteiger charge is 2.16. The Morgan fingerprint density at radius 1 is 0.421 bits per heavy atom. The van der Waals surface area contributed by atoms with Crippen molar-refractivity contribution in [2.45, 2.75) is 6.92 Å². The van der Waals surface area contributed by atoms with Crippen molar-refractivity contribution in [2.24, 2.45) is 0 Å². The molecule has 1 heteroatoms. The molecule has 0 bridgehead atoms. The summed E-state index contributed by atoms with van der Waals surface area (Å²) in [6.45, 7) is 2.26. The Morgan fingerprint density at radius 3 is 1.76 bits per heavy atom. The Balaban J connectivity index is 1.38. The van der Waals surface area contributed by atoms with E-state index in [0.717, 1.165) is 0 Å². The molecular weight excluding hydrogens is 458 g/mol. The van der Waals surface area contributed by atoms with Gasteiger partial charge < -0.3 is 4.57 Å². The van der Waals surface area contributed by atoms with Gasteiger partial charge in [0.25, 0.3) is 0 Å². The van der Waals surface area contributed by atoms with E-state index in [0.29, 0.717) is 0 Å². The van der Waals surface area contributed by atoms with Crippen molar-refractivity contribution in [3.63, 3.8) is 0 Å². The number of aryl methyl sites for hydroxylation is 1. The molecular formula is C37H25N. The first-order chi connectivity index (χ1) is 18.8. The molecule has 0 spiro atoms. The number of benzene rings is 7. The van der Waals surface area contributed by atoms with Crippen LogP contribution in [0.3, 0.4) is 0 Å². The largest absolute Gasteiger partial charge is 0.309 e. The standard InChI is InChI=1S/C37H25N/c1-24-28-11-4-5-13-30(28)31-14-6-7-15-32(31)36(24)26-18-21-27(22-19-26)38-34-17-9-8-16-33(34)37-29-12-3-2-10-25(29)20-23-35(37)38/h2-23H,1H3. The molecule has 0 saturated carbocycles. The minimum Gasteiger partial charge on any atom is -0.309 e. The first-order valence-electron chi connectivity index (χ1n) is 13.2. The molecule has 7 aromatic carbocycles.